The molecule has 0 spiro atoms. The zero-order valence-corrected chi connectivity index (χ0v) is 4.38. The van der Waals surface area contributed by atoms with Gasteiger partial charge in [-0.15, -0.1) is 0 Å². The summed E-state index contributed by atoms with van der Waals surface area (Å²) in [6, 6.07) is 0. The van der Waals surface area contributed by atoms with Crippen molar-refractivity contribution in [3.63, 3.8) is 0 Å². The van der Waals surface area contributed by atoms with E-state index in [2.05, 4.69) is 18.2 Å². The Labute approximate surface area is 47.0 Å². The van der Waals surface area contributed by atoms with Gasteiger partial charge in [-0.2, -0.15) is 0 Å². The molecule has 0 aromatic heterocycles. The molecule has 0 aliphatic carbocycles. The van der Waals surface area contributed by atoms with Gasteiger partial charge in [-0.05, 0) is 0 Å². The number of rotatable bonds is 0. The summed E-state index contributed by atoms with van der Waals surface area (Å²) in [6.07, 6.45) is 3.28. The molecule has 1 aliphatic heterocycles. The van der Waals surface area contributed by atoms with E-state index in [-0.39, 0.29) is 0 Å². The molecule has 0 radical (unpaired) electrons. The van der Waals surface area contributed by atoms with Crippen molar-refractivity contribution in [1.82, 2.24) is 5.43 Å². The Hall–Kier alpha value is -0.480. The first kappa shape index (κ1) is 4.67. The molecule has 0 aromatic carbocycles. The molecule has 0 bridgehead atoms. The van der Waals surface area contributed by atoms with E-state index in [9.17, 15) is 0 Å². The Morgan fingerprint density at radius 1 is 1.86 bits per heavy atom. The minimum Gasteiger partial charge on any atom is -0.457 e. The van der Waals surface area contributed by atoms with Gasteiger partial charge in [0.25, 0.3) is 0 Å². The first-order chi connectivity index (χ1) is 3.30. The number of hydrogen-bond acceptors (Lipinski definition) is 3. The molecule has 0 saturated heterocycles. The third kappa shape index (κ3) is 0.755. The Morgan fingerprint density at radius 3 is 2.71 bits per heavy atom. The van der Waals surface area contributed by atoms with E-state index < -0.39 is 0 Å². The molecule has 38 valence electrons. The molecule has 3 nitrogen and oxygen atoms in total. The maximum Gasteiger partial charge on any atom is 0.226 e. The molecule has 7 heavy (non-hydrogen) atoms. The highest BCUT2D eigenvalue weighted by Gasteiger charge is 2.02. The van der Waals surface area contributed by atoms with Crippen LogP contribution in [0.25, 0.3) is 0 Å². The van der Waals surface area contributed by atoms with Gasteiger partial charge < -0.3 is 12.8 Å². The van der Waals surface area contributed by atoms with E-state index in [0.29, 0.717) is 10.2 Å². The van der Waals surface area contributed by atoms with Crippen molar-refractivity contribution >= 4 is 18.7 Å². The topological polar surface area (TPSA) is 40.3 Å². The largest absolute Gasteiger partial charge is 0.457 e. The smallest absolute Gasteiger partial charge is 0.226 e. The molecule has 1 atom stereocenters. The fraction of sp³-hybridized carbons (Fsp3) is 0. The second-order valence-electron chi connectivity index (χ2n) is 1.22. The van der Waals surface area contributed by atoms with Crippen molar-refractivity contribution < 1.29 is 4.41 Å². The molecule has 0 amide bonds. The predicted octanol–water partition coefficient (Wildman–Crippen LogP) is -1.66. The SMILES string of the molecule is N=C1C=CN[NH+]1[S-]. The monoisotopic (exact) mass is 115 g/mol. The molecule has 4 heteroatoms. The van der Waals surface area contributed by atoms with E-state index in [1.54, 1.807) is 12.3 Å². The van der Waals surface area contributed by atoms with Gasteiger partial charge in [0.15, 0.2) is 0 Å². The van der Waals surface area contributed by atoms with Crippen molar-refractivity contribution in [3.8, 4) is 0 Å². The fourth-order valence-electron chi connectivity index (χ4n) is 0.354. The maximum atomic E-state index is 6.96. The lowest BCUT2D eigenvalue weighted by molar-refractivity contribution is -0.690. The first-order valence-corrected chi connectivity index (χ1v) is 2.27. The summed E-state index contributed by atoms with van der Waals surface area (Å²) >= 11 is 4.64. The summed E-state index contributed by atoms with van der Waals surface area (Å²) in [7, 11) is 0. The van der Waals surface area contributed by atoms with Crippen LogP contribution in [-0.4, -0.2) is 5.84 Å². The van der Waals surface area contributed by atoms with E-state index >= 15 is 0 Å². The van der Waals surface area contributed by atoms with E-state index in [4.69, 9.17) is 5.41 Å². The minimum atomic E-state index is 0.398. The van der Waals surface area contributed by atoms with Gasteiger partial charge >= 0.3 is 0 Å². The molecule has 1 rings (SSSR count). The van der Waals surface area contributed by atoms with Crippen molar-refractivity contribution in [1.29, 1.82) is 5.41 Å². The third-order valence-electron chi connectivity index (χ3n) is 0.709. The van der Waals surface area contributed by atoms with E-state index in [0.717, 1.165) is 0 Å². The highest BCUT2D eigenvalue weighted by molar-refractivity contribution is 7.51. The summed E-state index contributed by atoms with van der Waals surface area (Å²) in [6.45, 7) is 0. The van der Waals surface area contributed by atoms with Crippen LogP contribution in [0.15, 0.2) is 12.3 Å². The van der Waals surface area contributed by atoms with Gasteiger partial charge in [-0.25, -0.2) is 5.41 Å². The molecule has 0 aromatic rings. The van der Waals surface area contributed by atoms with Crippen LogP contribution in [0, 0.1) is 5.41 Å². The highest BCUT2D eigenvalue weighted by Crippen LogP contribution is 1.67. The van der Waals surface area contributed by atoms with Crippen LogP contribution in [0.2, 0.25) is 0 Å². The number of hydrogen-bond donors (Lipinski definition) is 3. The van der Waals surface area contributed by atoms with Crippen LogP contribution in [0.1, 0.15) is 0 Å². The Bertz CT molecular complexity index is 119. The second kappa shape index (κ2) is 1.55. The molecule has 3 N–H and O–H groups in total. The molecule has 1 aliphatic rings. The summed E-state index contributed by atoms with van der Waals surface area (Å²) in [5, 5.41) is 6.96. The normalized spacial score (nSPS) is 28.1. The van der Waals surface area contributed by atoms with Crippen LogP contribution in [0.5, 0.6) is 0 Å². The lowest BCUT2D eigenvalue weighted by Gasteiger charge is -2.13. The third-order valence-corrected chi connectivity index (χ3v) is 1.05. The Morgan fingerprint density at radius 2 is 2.57 bits per heavy atom. The first-order valence-electron chi connectivity index (χ1n) is 1.86. The predicted molar refractivity (Wildman–Crippen MR) is 28.3 cm³/mol. The second-order valence-corrected chi connectivity index (χ2v) is 1.63. The van der Waals surface area contributed by atoms with Gasteiger partial charge in [-0.3, -0.25) is 9.84 Å². The molecule has 1 heterocycles. The zero-order chi connectivity index (χ0) is 5.28. The van der Waals surface area contributed by atoms with Gasteiger partial charge in [0.1, 0.15) is 0 Å². The van der Waals surface area contributed by atoms with Crippen molar-refractivity contribution in [3.05, 3.63) is 12.3 Å². The van der Waals surface area contributed by atoms with Crippen LogP contribution in [-0.2, 0) is 12.8 Å². The minimum absolute atomic E-state index is 0.398. The summed E-state index contributed by atoms with van der Waals surface area (Å²) in [5.41, 5.74) is 2.70. The summed E-state index contributed by atoms with van der Waals surface area (Å²) < 4.78 is 0.514. The number of nitrogens with one attached hydrogen (secondary N) is 3. The quantitative estimate of drug-likeness (QED) is 0.331. The van der Waals surface area contributed by atoms with Crippen LogP contribution in [0.3, 0.4) is 0 Å². The molecule has 0 saturated carbocycles. The van der Waals surface area contributed by atoms with E-state index in [1.165, 1.54) is 0 Å². The summed E-state index contributed by atoms with van der Waals surface area (Å²) in [5.74, 6) is 0.398. The highest BCUT2D eigenvalue weighted by atomic mass is 32.1. The van der Waals surface area contributed by atoms with Crippen molar-refractivity contribution in [2.75, 3.05) is 0 Å². The summed E-state index contributed by atoms with van der Waals surface area (Å²) in [4.78, 5) is 0. The molecule has 0 fully saturated rings. The Balaban J connectivity index is 2.62. The standard InChI is InChI=1S/C3H5N3S/c4-3-1-2-5-6(3)7/h1-2,4-6H. The fourth-order valence-corrected chi connectivity index (χ4v) is 0.490. The average Bonchev–Trinajstić information content (AvgIpc) is 1.91. The van der Waals surface area contributed by atoms with Gasteiger partial charge in [-0.1, -0.05) is 0 Å². The van der Waals surface area contributed by atoms with Crippen LogP contribution >= 0.6 is 0 Å². The lowest BCUT2D eigenvalue weighted by Crippen LogP contribution is -3.14. The average molecular weight is 115 g/mol. The number of quaternary nitrogens is 1. The Kier molecular flexibility index (Phi) is 1.04. The van der Waals surface area contributed by atoms with Crippen LogP contribution < -0.4 is 9.84 Å². The van der Waals surface area contributed by atoms with E-state index in [1.807, 2.05) is 0 Å². The maximum absolute atomic E-state index is 6.96. The molecule has 1 unspecified atom stereocenters. The lowest BCUT2D eigenvalue weighted by atomic mass is 10.6. The number of amidine groups is 1. The van der Waals surface area contributed by atoms with Gasteiger partial charge in [0.2, 0.25) is 5.84 Å². The van der Waals surface area contributed by atoms with Gasteiger partial charge in [0.05, 0.1) is 6.20 Å². The van der Waals surface area contributed by atoms with Crippen molar-refractivity contribution in [2.24, 2.45) is 0 Å². The molecular formula is C3H5N3S. The van der Waals surface area contributed by atoms with Crippen molar-refractivity contribution in [2.45, 2.75) is 0 Å². The van der Waals surface area contributed by atoms with Crippen LogP contribution in [0.4, 0.5) is 0 Å². The molecular weight excluding hydrogens is 110 g/mol. The van der Waals surface area contributed by atoms with Gasteiger partial charge in [0, 0.05) is 6.08 Å². The zero-order valence-electron chi connectivity index (χ0n) is 3.56.